The van der Waals surface area contributed by atoms with Crippen LogP contribution < -0.4 is 9.47 Å². The predicted molar refractivity (Wildman–Crippen MR) is 111 cm³/mol. The van der Waals surface area contributed by atoms with Crippen LogP contribution in [0.4, 0.5) is 0 Å². The molecule has 2 saturated heterocycles. The van der Waals surface area contributed by atoms with Crippen molar-refractivity contribution in [1.29, 1.82) is 0 Å². The molecule has 1 aromatic heterocycles. The van der Waals surface area contributed by atoms with Gasteiger partial charge in [0, 0.05) is 47.8 Å². The maximum Gasteiger partial charge on any atom is 0.291 e. The molecule has 1 aromatic rings. The second-order valence-electron chi connectivity index (χ2n) is 11.0. The Morgan fingerprint density at radius 3 is 1.24 bits per heavy atom. The van der Waals surface area contributed by atoms with Gasteiger partial charge in [0.2, 0.25) is 0 Å². The van der Waals surface area contributed by atoms with Gasteiger partial charge in [0.15, 0.2) is 0 Å². The molecule has 166 valence electrons. The van der Waals surface area contributed by atoms with Crippen molar-refractivity contribution in [3.8, 4) is 11.8 Å². The van der Waals surface area contributed by atoms with E-state index in [0.29, 0.717) is 37.4 Å². The van der Waals surface area contributed by atoms with E-state index in [1.165, 1.54) is 10.1 Å². The fourth-order valence-corrected chi connectivity index (χ4v) is 5.59. The first-order chi connectivity index (χ1) is 13.1. The van der Waals surface area contributed by atoms with Crippen LogP contribution in [0.15, 0.2) is 0 Å². The van der Waals surface area contributed by atoms with E-state index in [1.807, 2.05) is 55.4 Å². The number of aromatic nitrogens is 2. The number of nitrogens with zero attached hydrogens (tertiary/aromatic N) is 4. The number of hydroxylamine groups is 4. The number of piperidine rings is 2. The summed E-state index contributed by atoms with van der Waals surface area (Å²) in [4.78, 5) is 0. The molecule has 0 bridgehead atoms. The van der Waals surface area contributed by atoms with Gasteiger partial charge in [-0.05, 0) is 55.4 Å². The number of hydrogen-bond acceptors (Lipinski definition) is 9. The van der Waals surface area contributed by atoms with Crippen LogP contribution >= 0.6 is 11.7 Å². The zero-order chi connectivity index (χ0) is 21.8. The molecule has 0 spiro atoms. The molecule has 2 N–H and O–H groups in total. The van der Waals surface area contributed by atoms with Crippen LogP contribution in [0.3, 0.4) is 0 Å². The lowest BCUT2D eigenvalue weighted by Crippen LogP contribution is -2.61. The highest BCUT2D eigenvalue weighted by Crippen LogP contribution is 2.41. The van der Waals surface area contributed by atoms with Crippen molar-refractivity contribution >= 4 is 11.7 Å². The second kappa shape index (κ2) is 7.30. The minimum absolute atomic E-state index is 0.0955. The summed E-state index contributed by atoms with van der Waals surface area (Å²) in [5.74, 6) is 0.833. The van der Waals surface area contributed by atoms with Crippen LogP contribution in [0.2, 0.25) is 0 Å². The summed E-state index contributed by atoms with van der Waals surface area (Å²) in [5.41, 5.74) is -1.62. The summed E-state index contributed by atoms with van der Waals surface area (Å²) in [6.07, 6.45) is 2.50. The molecule has 8 nitrogen and oxygen atoms in total. The quantitative estimate of drug-likeness (QED) is 0.740. The molecule has 0 radical (unpaired) electrons. The van der Waals surface area contributed by atoms with Gasteiger partial charge in [0.25, 0.3) is 11.8 Å². The molecule has 0 amide bonds. The van der Waals surface area contributed by atoms with Crippen LogP contribution in [-0.2, 0) is 0 Å². The van der Waals surface area contributed by atoms with E-state index < -0.39 is 22.2 Å². The van der Waals surface area contributed by atoms with Gasteiger partial charge in [-0.3, -0.25) is 0 Å². The van der Waals surface area contributed by atoms with Crippen molar-refractivity contribution < 1.29 is 19.9 Å². The Labute approximate surface area is 178 Å². The molecule has 0 unspecified atom stereocenters. The topological polar surface area (TPSA) is 91.2 Å². The third-order valence-corrected chi connectivity index (χ3v) is 6.68. The lowest BCUT2D eigenvalue weighted by molar-refractivity contribution is -0.256. The summed E-state index contributed by atoms with van der Waals surface area (Å²) < 4.78 is 21.1. The van der Waals surface area contributed by atoms with Gasteiger partial charge < -0.3 is 19.9 Å². The zero-order valence-corrected chi connectivity index (χ0v) is 19.7. The summed E-state index contributed by atoms with van der Waals surface area (Å²) in [5, 5.41) is 23.9. The van der Waals surface area contributed by atoms with Crippen molar-refractivity contribution in [3.05, 3.63) is 0 Å². The van der Waals surface area contributed by atoms with Crippen molar-refractivity contribution in [3.63, 3.8) is 0 Å². The molecule has 9 heteroatoms. The summed E-state index contributed by atoms with van der Waals surface area (Å²) in [7, 11) is 0. The Morgan fingerprint density at radius 1 is 0.690 bits per heavy atom. The largest absolute Gasteiger partial charge is 0.470 e. The van der Waals surface area contributed by atoms with Gasteiger partial charge in [-0.1, -0.05) is 0 Å². The summed E-state index contributed by atoms with van der Waals surface area (Å²) in [6, 6.07) is 0. The highest BCUT2D eigenvalue weighted by Gasteiger charge is 2.48. The van der Waals surface area contributed by atoms with E-state index >= 15 is 0 Å². The van der Waals surface area contributed by atoms with Gasteiger partial charge in [-0.15, -0.1) is 8.75 Å². The third kappa shape index (κ3) is 4.54. The molecule has 2 aliphatic rings. The minimum atomic E-state index is -0.404. The lowest BCUT2D eigenvalue weighted by atomic mass is 9.80. The Hall–Kier alpha value is -1.00. The molecule has 0 atom stereocenters. The molecule has 2 fully saturated rings. The first-order valence-corrected chi connectivity index (χ1v) is 11.0. The molecule has 0 aromatic carbocycles. The van der Waals surface area contributed by atoms with E-state index in [4.69, 9.17) is 9.47 Å². The standard InChI is InChI=1S/C20H36N4O4S/c1-17(2)9-13(10-18(3,4)23(17)25)27-15-16(22-29-21-15)28-14-11-19(5,6)24(26)20(7,8)12-14/h13-14,25-26H,9-12H2,1-8H3. The molecule has 0 aliphatic carbocycles. The van der Waals surface area contributed by atoms with E-state index in [0.717, 1.165) is 11.7 Å². The molecule has 3 rings (SSSR count). The van der Waals surface area contributed by atoms with E-state index in [-0.39, 0.29) is 12.2 Å². The fourth-order valence-electron chi connectivity index (χ4n) is 5.16. The Balaban J connectivity index is 1.72. The normalized spacial score (nSPS) is 27.7. The molecule has 3 heterocycles. The van der Waals surface area contributed by atoms with E-state index in [9.17, 15) is 10.4 Å². The summed E-state index contributed by atoms with van der Waals surface area (Å²) >= 11 is 1.07. The van der Waals surface area contributed by atoms with Crippen LogP contribution in [0.1, 0.15) is 81.1 Å². The van der Waals surface area contributed by atoms with Gasteiger partial charge >= 0.3 is 0 Å². The van der Waals surface area contributed by atoms with Gasteiger partial charge in [-0.25, -0.2) is 0 Å². The van der Waals surface area contributed by atoms with Crippen molar-refractivity contribution in [1.82, 2.24) is 18.9 Å². The molecule has 2 aliphatic heterocycles. The number of ether oxygens (including phenoxy) is 2. The zero-order valence-electron chi connectivity index (χ0n) is 18.9. The van der Waals surface area contributed by atoms with Crippen molar-refractivity contribution in [2.24, 2.45) is 0 Å². The second-order valence-corrected chi connectivity index (χ2v) is 11.6. The Bertz CT molecular complexity index is 639. The maximum absolute atomic E-state index is 10.5. The molecule has 29 heavy (non-hydrogen) atoms. The van der Waals surface area contributed by atoms with Crippen LogP contribution in [0.5, 0.6) is 11.8 Å². The van der Waals surface area contributed by atoms with Crippen LogP contribution in [0.25, 0.3) is 0 Å². The first kappa shape index (κ1) is 22.7. The highest BCUT2D eigenvalue weighted by molar-refractivity contribution is 6.99. The molecular formula is C20H36N4O4S. The number of hydrogen-bond donors (Lipinski definition) is 2. The fraction of sp³-hybridized carbons (Fsp3) is 0.900. The van der Waals surface area contributed by atoms with Gasteiger partial charge in [-0.2, -0.15) is 10.1 Å². The van der Waals surface area contributed by atoms with Crippen LogP contribution in [-0.4, -0.2) is 63.7 Å². The van der Waals surface area contributed by atoms with Crippen LogP contribution in [0, 0.1) is 0 Å². The average Bonchev–Trinajstić information content (AvgIpc) is 2.96. The van der Waals surface area contributed by atoms with Gasteiger partial charge in [0.1, 0.15) is 12.2 Å². The molecule has 0 saturated carbocycles. The highest BCUT2D eigenvalue weighted by atomic mass is 32.1. The summed E-state index contributed by atoms with van der Waals surface area (Å²) in [6.45, 7) is 16.1. The van der Waals surface area contributed by atoms with Crippen molar-refractivity contribution in [2.75, 3.05) is 0 Å². The SMILES string of the molecule is CC1(C)CC(Oc2nsnc2OC2CC(C)(C)N(O)C(C)(C)C2)CC(C)(C)N1O. The van der Waals surface area contributed by atoms with Crippen molar-refractivity contribution in [2.45, 2.75) is 115 Å². The number of rotatable bonds is 4. The minimum Gasteiger partial charge on any atom is -0.470 e. The first-order valence-electron chi connectivity index (χ1n) is 10.3. The van der Waals surface area contributed by atoms with E-state index in [1.54, 1.807) is 0 Å². The maximum atomic E-state index is 10.5. The molecular weight excluding hydrogens is 392 g/mol. The smallest absolute Gasteiger partial charge is 0.291 e. The van der Waals surface area contributed by atoms with E-state index in [2.05, 4.69) is 8.75 Å². The predicted octanol–water partition coefficient (Wildman–Crippen LogP) is 4.12. The Morgan fingerprint density at radius 2 is 0.966 bits per heavy atom. The Kier molecular flexibility index (Phi) is 5.71. The van der Waals surface area contributed by atoms with Gasteiger partial charge in [0.05, 0.1) is 11.7 Å². The third-order valence-electron chi connectivity index (χ3n) is 6.19. The monoisotopic (exact) mass is 428 g/mol. The average molecular weight is 429 g/mol. The lowest BCUT2D eigenvalue weighted by Gasteiger charge is -2.51.